The van der Waals surface area contributed by atoms with Crippen LogP contribution in [0.4, 0.5) is 0 Å². The van der Waals surface area contributed by atoms with E-state index in [-0.39, 0.29) is 25.7 Å². The fraction of sp³-hybridized carbons (Fsp3) is 0.944. The van der Waals surface area contributed by atoms with Gasteiger partial charge in [0, 0.05) is 25.7 Å². The Bertz CT molecular complexity index is 1760. The molecule has 0 bridgehead atoms. The van der Waals surface area contributed by atoms with Crippen LogP contribution in [0.2, 0.25) is 0 Å². The quantitative estimate of drug-likeness (QED) is 0.0222. The SMILES string of the molecule is CCCCCCCCCCCCCCCCCCCCCC(=O)O[C@H](COC(=O)CCCCCCCCCCCCC)COP(=O)(O)OC[C@@H](O)COP(=O)(O)OC[C@@H](COC(=O)CCCCCCCCC(C)CC)OC(=O)CCCCCCCCC(C)CC. The molecule has 0 fully saturated rings. The van der Waals surface area contributed by atoms with Crippen molar-refractivity contribution in [1.82, 2.24) is 0 Å². The third-order valence-corrected chi connectivity index (χ3v) is 19.1. The average Bonchev–Trinajstić information content (AvgIpc) is 3.49. The fourth-order valence-corrected chi connectivity index (χ4v) is 12.3. The van der Waals surface area contributed by atoms with Gasteiger partial charge >= 0.3 is 39.5 Å². The third kappa shape index (κ3) is 62.2. The Balaban J connectivity index is 5.20. The molecule has 0 heterocycles. The first-order chi connectivity index (χ1) is 43.4. The summed E-state index contributed by atoms with van der Waals surface area (Å²) in [5.41, 5.74) is 0. The van der Waals surface area contributed by atoms with Gasteiger partial charge in [0.2, 0.25) is 0 Å². The lowest BCUT2D eigenvalue weighted by molar-refractivity contribution is -0.161. The van der Waals surface area contributed by atoms with E-state index in [9.17, 15) is 43.2 Å². The van der Waals surface area contributed by atoms with Gasteiger partial charge in [-0.2, -0.15) is 0 Å². The van der Waals surface area contributed by atoms with Crippen LogP contribution in [0.3, 0.4) is 0 Å². The lowest BCUT2D eigenvalue weighted by Crippen LogP contribution is -2.30. The Morgan fingerprint density at radius 3 is 0.789 bits per heavy atom. The molecule has 90 heavy (non-hydrogen) atoms. The average molecular weight is 1330 g/mol. The van der Waals surface area contributed by atoms with Gasteiger partial charge in [-0.3, -0.25) is 37.3 Å². The molecular weight excluding hydrogens is 1190 g/mol. The first kappa shape index (κ1) is 88.1. The number of phosphoric ester groups is 2. The van der Waals surface area contributed by atoms with Gasteiger partial charge in [0.25, 0.3) is 0 Å². The summed E-state index contributed by atoms with van der Waals surface area (Å²) in [6.07, 6.45) is 48.7. The summed E-state index contributed by atoms with van der Waals surface area (Å²) in [5, 5.41) is 10.6. The predicted molar refractivity (Wildman–Crippen MR) is 363 cm³/mol. The Labute approximate surface area is 549 Å². The lowest BCUT2D eigenvalue weighted by atomic mass is 10.00. The molecule has 0 rings (SSSR count). The molecule has 4 unspecified atom stereocenters. The van der Waals surface area contributed by atoms with Gasteiger partial charge in [-0.25, -0.2) is 9.13 Å². The second kappa shape index (κ2) is 63.1. The molecule has 17 nitrogen and oxygen atoms in total. The minimum Gasteiger partial charge on any atom is -0.462 e. The molecule has 0 spiro atoms. The molecule has 0 aromatic carbocycles. The minimum atomic E-state index is -4.95. The summed E-state index contributed by atoms with van der Waals surface area (Å²) >= 11 is 0. The van der Waals surface area contributed by atoms with Crippen LogP contribution < -0.4 is 0 Å². The van der Waals surface area contributed by atoms with Crippen molar-refractivity contribution < 1.29 is 80.2 Å². The van der Waals surface area contributed by atoms with E-state index in [1.54, 1.807) is 0 Å². The lowest BCUT2D eigenvalue weighted by Gasteiger charge is -2.21. The number of hydrogen-bond donors (Lipinski definition) is 3. The molecule has 7 atom stereocenters. The van der Waals surface area contributed by atoms with Crippen molar-refractivity contribution in [2.75, 3.05) is 39.6 Å². The molecule has 0 saturated carbocycles. The van der Waals surface area contributed by atoms with Crippen molar-refractivity contribution >= 4 is 39.5 Å². The zero-order chi connectivity index (χ0) is 66.5. The topological polar surface area (TPSA) is 237 Å². The molecule has 0 saturated heterocycles. The van der Waals surface area contributed by atoms with E-state index in [0.717, 1.165) is 108 Å². The molecule has 0 aliphatic carbocycles. The molecule has 19 heteroatoms. The molecule has 0 aliphatic heterocycles. The molecule has 0 aromatic rings. The van der Waals surface area contributed by atoms with Crippen molar-refractivity contribution in [3.63, 3.8) is 0 Å². The second-order valence-corrected chi connectivity index (χ2v) is 29.0. The summed E-state index contributed by atoms with van der Waals surface area (Å²) in [6.45, 7) is 9.46. The maximum absolute atomic E-state index is 13.0. The molecule has 0 radical (unpaired) electrons. The molecule has 534 valence electrons. The van der Waals surface area contributed by atoms with E-state index < -0.39 is 97.5 Å². The smallest absolute Gasteiger partial charge is 0.462 e. The highest BCUT2D eigenvalue weighted by molar-refractivity contribution is 7.47. The highest BCUT2D eigenvalue weighted by atomic mass is 31.2. The van der Waals surface area contributed by atoms with E-state index >= 15 is 0 Å². The summed E-state index contributed by atoms with van der Waals surface area (Å²) in [5.74, 6) is -0.676. The first-order valence-electron chi connectivity index (χ1n) is 37.1. The number of rotatable bonds is 70. The molecule has 3 N–H and O–H groups in total. The van der Waals surface area contributed by atoms with Gasteiger partial charge in [0.15, 0.2) is 12.2 Å². The molecule has 0 aliphatic rings. The maximum atomic E-state index is 13.0. The zero-order valence-electron chi connectivity index (χ0n) is 58.4. The van der Waals surface area contributed by atoms with Crippen molar-refractivity contribution in [1.29, 1.82) is 0 Å². The Morgan fingerprint density at radius 1 is 0.311 bits per heavy atom. The van der Waals surface area contributed by atoms with Crippen LogP contribution in [-0.4, -0.2) is 96.7 Å². The maximum Gasteiger partial charge on any atom is 0.472 e. The number of unbranched alkanes of at least 4 members (excludes halogenated alkanes) is 38. The van der Waals surface area contributed by atoms with Crippen LogP contribution in [0.5, 0.6) is 0 Å². The number of esters is 4. The van der Waals surface area contributed by atoms with Gasteiger partial charge in [0.05, 0.1) is 26.4 Å². The van der Waals surface area contributed by atoms with E-state index in [0.29, 0.717) is 25.7 Å². The number of ether oxygens (including phenoxy) is 4. The van der Waals surface area contributed by atoms with Gasteiger partial charge in [-0.15, -0.1) is 0 Å². The van der Waals surface area contributed by atoms with Crippen LogP contribution in [0.15, 0.2) is 0 Å². The van der Waals surface area contributed by atoms with Crippen LogP contribution >= 0.6 is 15.6 Å². The van der Waals surface area contributed by atoms with Crippen molar-refractivity contribution in [2.24, 2.45) is 11.8 Å². The minimum absolute atomic E-state index is 0.102. The van der Waals surface area contributed by atoms with E-state index in [2.05, 4.69) is 41.5 Å². The van der Waals surface area contributed by atoms with Crippen molar-refractivity contribution in [2.45, 2.75) is 381 Å². The first-order valence-corrected chi connectivity index (χ1v) is 40.1. The van der Waals surface area contributed by atoms with E-state index in [4.69, 9.17) is 37.0 Å². The van der Waals surface area contributed by atoms with Gasteiger partial charge < -0.3 is 33.8 Å². The highest BCUT2D eigenvalue weighted by Crippen LogP contribution is 2.45. The Morgan fingerprint density at radius 2 is 0.533 bits per heavy atom. The highest BCUT2D eigenvalue weighted by Gasteiger charge is 2.30. The molecule has 0 aromatic heterocycles. The largest absolute Gasteiger partial charge is 0.472 e. The Kier molecular flexibility index (Phi) is 61.8. The monoisotopic (exact) mass is 1320 g/mol. The van der Waals surface area contributed by atoms with Crippen molar-refractivity contribution in [3.05, 3.63) is 0 Å². The van der Waals surface area contributed by atoms with Crippen molar-refractivity contribution in [3.8, 4) is 0 Å². The van der Waals surface area contributed by atoms with E-state index in [1.165, 1.54) is 173 Å². The molecule has 0 amide bonds. The normalized spacial score (nSPS) is 14.7. The summed E-state index contributed by atoms with van der Waals surface area (Å²) in [4.78, 5) is 72.5. The predicted octanol–water partition coefficient (Wildman–Crippen LogP) is 20.4. The summed E-state index contributed by atoms with van der Waals surface area (Å²) in [7, 11) is -9.90. The summed E-state index contributed by atoms with van der Waals surface area (Å²) < 4.78 is 68.3. The number of carbonyl (C=O) groups is 4. The third-order valence-electron chi connectivity index (χ3n) is 17.2. The number of aliphatic hydroxyl groups excluding tert-OH is 1. The van der Waals surface area contributed by atoms with Crippen LogP contribution in [0.1, 0.15) is 363 Å². The number of carbonyl (C=O) groups excluding carboxylic acids is 4. The number of hydrogen-bond acceptors (Lipinski definition) is 15. The van der Waals surface area contributed by atoms with Crippen LogP contribution in [0.25, 0.3) is 0 Å². The zero-order valence-corrected chi connectivity index (χ0v) is 60.2. The number of aliphatic hydroxyl groups is 1. The van der Waals surface area contributed by atoms with Crippen LogP contribution in [0, 0.1) is 11.8 Å². The second-order valence-electron chi connectivity index (χ2n) is 26.1. The number of phosphoric acid groups is 2. The van der Waals surface area contributed by atoms with Gasteiger partial charge in [-0.05, 0) is 37.5 Å². The van der Waals surface area contributed by atoms with Gasteiger partial charge in [-0.1, -0.05) is 311 Å². The standard InChI is InChI=1S/C71H138O17P2/c1-7-11-13-15-17-19-21-22-23-24-25-26-27-28-30-32-34-43-49-55-70(75)87-66(59-81-68(73)53-47-41-33-31-29-20-18-16-14-12-8-2)61-85-89(77,78)83-57-65(72)58-84-90(79,80)86-62-67(88-71(76)56-50-44-38-36-40-46-52-64(6)10-4)60-82-69(74)54-48-42-37-35-39-45-51-63(5)9-3/h63-67,72H,7-62H2,1-6H3,(H,77,78)(H,79,80)/t63?,64?,65-,66-,67-/m1/s1. The summed E-state index contributed by atoms with van der Waals surface area (Å²) in [6, 6.07) is 0. The van der Waals surface area contributed by atoms with Gasteiger partial charge in [0.1, 0.15) is 19.3 Å². The van der Waals surface area contributed by atoms with Crippen LogP contribution in [-0.2, 0) is 65.4 Å². The molecular formula is C71H138O17P2. The fourth-order valence-electron chi connectivity index (χ4n) is 10.7. The Hall–Kier alpha value is -1.94. The van der Waals surface area contributed by atoms with E-state index in [1.807, 2.05) is 0 Å².